The number of hydrogen-bond donors (Lipinski definition) is 1. The molecule has 9 heteroatoms. The Morgan fingerprint density at radius 2 is 1.64 bits per heavy atom. The van der Waals surface area contributed by atoms with Gasteiger partial charge in [-0.15, -0.1) is 0 Å². The lowest BCUT2D eigenvalue weighted by Crippen LogP contribution is -2.46. The van der Waals surface area contributed by atoms with Gasteiger partial charge in [-0.25, -0.2) is 23.1 Å². The molecule has 3 aromatic carbocycles. The summed E-state index contributed by atoms with van der Waals surface area (Å²) in [5.74, 6) is -1.61. The van der Waals surface area contributed by atoms with Gasteiger partial charge in [0.2, 0.25) is 0 Å². The average Bonchev–Trinajstić information content (AvgIpc) is 2.96. The molecule has 200 valence electrons. The second-order valence-electron chi connectivity index (χ2n) is 9.40. The van der Waals surface area contributed by atoms with Crippen molar-refractivity contribution < 1.29 is 22.7 Å². The van der Waals surface area contributed by atoms with Gasteiger partial charge in [-0.2, -0.15) is 0 Å². The maximum atomic E-state index is 14.1. The van der Waals surface area contributed by atoms with E-state index in [4.69, 9.17) is 4.74 Å². The minimum Gasteiger partial charge on any atom is -0.488 e. The zero-order valence-corrected chi connectivity index (χ0v) is 21.1. The summed E-state index contributed by atoms with van der Waals surface area (Å²) in [5.41, 5.74) is 1.86. The molecule has 1 saturated heterocycles. The van der Waals surface area contributed by atoms with E-state index in [0.29, 0.717) is 42.9 Å². The lowest BCUT2D eigenvalue weighted by molar-refractivity contribution is 0.0833. The molecule has 1 aliphatic rings. The average molecular weight is 533 g/mol. The van der Waals surface area contributed by atoms with Crippen molar-refractivity contribution in [2.45, 2.75) is 24.9 Å². The summed E-state index contributed by atoms with van der Waals surface area (Å²) < 4.78 is 47.0. The minimum absolute atomic E-state index is 0.0466. The van der Waals surface area contributed by atoms with Crippen LogP contribution in [0, 0.1) is 17.5 Å². The van der Waals surface area contributed by atoms with Gasteiger partial charge in [-0.3, -0.25) is 9.69 Å². The van der Waals surface area contributed by atoms with Crippen molar-refractivity contribution in [2.24, 2.45) is 0 Å². The van der Waals surface area contributed by atoms with E-state index < -0.39 is 11.6 Å². The molecule has 1 N–H and O–H groups in total. The smallest absolute Gasteiger partial charge is 0.254 e. The quantitative estimate of drug-likeness (QED) is 0.321. The van der Waals surface area contributed by atoms with Crippen LogP contribution in [0.4, 0.5) is 13.2 Å². The molecule has 1 fully saturated rings. The van der Waals surface area contributed by atoms with Crippen LogP contribution in [0.15, 0.2) is 85.2 Å². The van der Waals surface area contributed by atoms with Gasteiger partial charge in [-0.1, -0.05) is 42.5 Å². The van der Waals surface area contributed by atoms with Gasteiger partial charge in [0, 0.05) is 43.2 Å². The molecule has 0 bridgehead atoms. The Morgan fingerprint density at radius 3 is 2.36 bits per heavy atom. The van der Waals surface area contributed by atoms with Crippen LogP contribution in [0.1, 0.15) is 34.8 Å². The number of likely N-dealkylation sites (tertiary alicyclic amines) is 1. The molecule has 0 radical (unpaired) electrons. The van der Waals surface area contributed by atoms with Gasteiger partial charge < -0.3 is 10.1 Å². The number of amides is 1. The highest BCUT2D eigenvalue weighted by Crippen LogP contribution is 2.27. The minimum atomic E-state index is -0.613. The van der Waals surface area contributed by atoms with Crippen LogP contribution < -0.4 is 10.1 Å². The highest BCUT2D eigenvalue weighted by Gasteiger charge is 2.28. The van der Waals surface area contributed by atoms with E-state index in [1.54, 1.807) is 12.1 Å². The summed E-state index contributed by atoms with van der Waals surface area (Å²) in [6.07, 6.45) is 4.27. The molecule has 1 aliphatic heterocycles. The molecule has 1 amide bonds. The first kappa shape index (κ1) is 26.4. The Bertz CT molecular complexity index is 1410. The Kier molecular flexibility index (Phi) is 8.17. The van der Waals surface area contributed by atoms with E-state index in [-0.39, 0.29) is 36.2 Å². The van der Waals surface area contributed by atoms with Crippen molar-refractivity contribution in [1.82, 2.24) is 20.2 Å². The fourth-order valence-electron chi connectivity index (χ4n) is 4.69. The third-order valence-corrected chi connectivity index (χ3v) is 6.78. The Hall–Kier alpha value is -4.24. The summed E-state index contributed by atoms with van der Waals surface area (Å²) in [6.45, 7) is 1.50. The Morgan fingerprint density at radius 1 is 0.923 bits per heavy atom. The second-order valence-corrected chi connectivity index (χ2v) is 9.40. The molecule has 39 heavy (non-hydrogen) atoms. The number of carbonyl (C=O) groups excluding carboxylic acids is 1. The maximum absolute atomic E-state index is 14.1. The monoisotopic (exact) mass is 532 g/mol. The number of aromatic nitrogens is 2. The molecule has 6 nitrogen and oxygen atoms in total. The Balaban J connectivity index is 1.19. The predicted molar refractivity (Wildman–Crippen MR) is 141 cm³/mol. The van der Waals surface area contributed by atoms with E-state index in [0.717, 1.165) is 23.8 Å². The first-order chi connectivity index (χ1) is 19.0. The van der Waals surface area contributed by atoms with E-state index in [1.165, 1.54) is 24.5 Å². The van der Waals surface area contributed by atoms with Crippen LogP contribution >= 0.6 is 0 Å². The van der Waals surface area contributed by atoms with Gasteiger partial charge in [-0.05, 0) is 42.7 Å². The standard InChI is InChI=1S/C30H27F3N4O2/c31-23-8-4-7-21(15-23)29-34-17-22(18-35-29)30(38)36-25-11-13-37(14-12-25)27(20-5-2-1-3-6-20)19-39-28-16-24(32)9-10-26(28)33/h1-10,15-18,25,27H,11-14,19H2,(H,36,38). The van der Waals surface area contributed by atoms with Gasteiger partial charge in [0.25, 0.3) is 5.91 Å². The fraction of sp³-hybridized carbons (Fsp3) is 0.233. The van der Waals surface area contributed by atoms with E-state index in [2.05, 4.69) is 20.2 Å². The van der Waals surface area contributed by atoms with Crippen molar-refractivity contribution in [3.05, 3.63) is 114 Å². The number of carbonyl (C=O) groups is 1. The molecule has 0 spiro atoms. The van der Waals surface area contributed by atoms with Crippen LogP contribution in [0.2, 0.25) is 0 Å². The zero-order chi connectivity index (χ0) is 27.2. The van der Waals surface area contributed by atoms with Crippen LogP contribution in [0.5, 0.6) is 5.75 Å². The number of rotatable bonds is 8. The van der Waals surface area contributed by atoms with E-state index in [1.807, 2.05) is 30.3 Å². The highest BCUT2D eigenvalue weighted by molar-refractivity contribution is 5.93. The lowest BCUT2D eigenvalue weighted by atomic mass is 9.99. The molecule has 1 atom stereocenters. The largest absolute Gasteiger partial charge is 0.488 e. The first-order valence-corrected chi connectivity index (χ1v) is 12.7. The van der Waals surface area contributed by atoms with E-state index >= 15 is 0 Å². The number of nitrogens with one attached hydrogen (secondary N) is 1. The van der Waals surface area contributed by atoms with Gasteiger partial charge in [0.15, 0.2) is 17.4 Å². The molecule has 1 aromatic heterocycles. The number of benzene rings is 3. The predicted octanol–water partition coefficient (Wildman–Crippen LogP) is 5.58. The van der Waals surface area contributed by atoms with Crippen molar-refractivity contribution in [3.63, 3.8) is 0 Å². The molecular weight excluding hydrogens is 505 g/mol. The SMILES string of the molecule is O=C(NC1CCN(C(COc2cc(F)ccc2F)c2ccccc2)CC1)c1cnc(-c2cccc(F)c2)nc1. The van der Waals surface area contributed by atoms with Crippen molar-refractivity contribution in [1.29, 1.82) is 0 Å². The van der Waals surface area contributed by atoms with Crippen molar-refractivity contribution >= 4 is 5.91 Å². The molecule has 5 rings (SSSR count). The number of hydrogen-bond acceptors (Lipinski definition) is 5. The first-order valence-electron chi connectivity index (χ1n) is 12.7. The van der Waals surface area contributed by atoms with Crippen molar-refractivity contribution in [2.75, 3.05) is 19.7 Å². The molecule has 1 unspecified atom stereocenters. The molecule has 0 saturated carbocycles. The highest BCUT2D eigenvalue weighted by atomic mass is 19.1. The molecular formula is C30H27F3N4O2. The lowest BCUT2D eigenvalue weighted by Gasteiger charge is -2.38. The van der Waals surface area contributed by atoms with Crippen molar-refractivity contribution in [3.8, 4) is 17.1 Å². The summed E-state index contributed by atoms with van der Waals surface area (Å²) in [6, 6.07) is 18.6. The number of nitrogens with zero attached hydrogens (tertiary/aromatic N) is 3. The molecule has 2 heterocycles. The maximum Gasteiger partial charge on any atom is 0.254 e. The van der Waals surface area contributed by atoms with Gasteiger partial charge in [0.1, 0.15) is 18.2 Å². The van der Waals surface area contributed by atoms with Gasteiger partial charge >= 0.3 is 0 Å². The van der Waals surface area contributed by atoms with E-state index in [9.17, 15) is 18.0 Å². The summed E-state index contributed by atoms with van der Waals surface area (Å²) in [7, 11) is 0. The summed E-state index contributed by atoms with van der Waals surface area (Å²) in [5, 5.41) is 3.05. The number of piperidine rings is 1. The molecule has 0 aliphatic carbocycles. The van der Waals surface area contributed by atoms with Gasteiger partial charge in [0.05, 0.1) is 11.6 Å². The summed E-state index contributed by atoms with van der Waals surface area (Å²) >= 11 is 0. The third-order valence-electron chi connectivity index (χ3n) is 6.78. The topological polar surface area (TPSA) is 67.4 Å². The third kappa shape index (κ3) is 6.61. The molecule has 4 aromatic rings. The zero-order valence-electron chi connectivity index (χ0n) is 21.1. The normalized spacial score (nSPS) is 15.1. The van der Waals surface area contributed by atoms with Crippen LogP contribution in [0.25, 0.3) is 11.4 Å². The van der Waals surface area contributed by atoms with Crippen LogP contribution in [0.3, 0.4) is 0 Å². The summed E-state index contributed by atoms with van der Waals surface area (Å²) in [4.78, 5) is 23.5. The van der Waals surface area contributed by atoms with Crippen LogP contribution in [-0.4, -0.2) is 46.5 Å². The Labute approximate surface area is 224 Å². The number of halogens is 3. The number of ether oxygens (including phenoxy) is 1. The fourth-order valence-corrected chi connectivity index (χ4v) is 4.69. The van der Waals surface area contributed by atoms with Crippen LogP contribution in [-0.2, 0) is 0 Å². The second kappa shape index (κ2) is 12.1.